The number of pyridine rings is 1. The van der Waals surface area contributed by atoms with Gasteiger partial charge in [0.25, 0.3) is 5.91 Å². The Hall–Kier alpha value is -2.16. The number of aromatic nitrogens is 1. The first-order chi connectivity index (χ1) is 8.59. The predicted octanol–water partition coefficient (Wildman–Crippen LogP) is 3.26. The molecule has 0 atom stereocenters. The first kappa shape index (κ1) is 12.3. The fourth-order valence-electron chi connectivity index (χ4n) is 1.79. The quantitative estimate of drug-likeness (QED) is 0.875. The summed E-state index contributed by atoms with van der Waals surface area (Å²) in [7, 11) is 0. The molecule has 2 rings (SSSR count). The summed E-state index contributed by atoms with van der Waals surface area (Å²) in [6.45, 7) is 5.79. The Morgan fingerprint density at radius 1 is 1.11 bits per heavy atom. The van der Waals surface area contributed by atoms with Crippen molar-refractivity contribution >= 4 is 11.6 Å². The van der Waals surface area contributed by atoms with Crippen molar-refractivity contribution in [1.29, 1.82) is 0 Å². The molecular formula is C15H16N2O. The highest BCUT2D eigenvalue weighted by Gasteiger charge is 2.11. The van der Waals surface area contributed by atoms with Crippen molar-refractivity contribution in [3.8, 4) is 0 Å². The van der Waals surface area contributed by atoms with Crippen molar-refractivity contribution in [2.75, 3.05) is 5.32 Å². The molecular weight excluding hydrogens is 224 g/mol. The number of carbonyl (C=O) groups excluding carboxylic acids is 1. The molecule has 0 radical (unpaired) electrons. The number of amides is 1. The zero-order valence-electron chi connectivity index (χ0n) is 10.8. The van der Waals surface area contributed by atoms with E-state index in [2.05, 4.69) is 10.3 Å². The lowest BCUT2D eigenvalue weighted by Crippen LogP contribution is -2.15. The second-order valence-electron chi connectivity index (χ2n) is 4.34. The Labute approximate surface area is 107 Å². The van der Waals surface area contributed by atoms with E-state index in [1.165, 1.54) is 0 Å². The third-order valence-electron chi connectivity index (χ3n) is 3.09. The molecule has 1 N–H and O–H groups in total. The topological polar surface area (TPSA) is 42.0 Å². The number of carbonyl (C=O) groups is 1. The number of benzene rings is 1. The molecule has 0 unspecified atom stereocenters. The summed E-state index contributed by atoms with van der Waals surface area (Å²) in [5.74, 6) is -0.0905. The van der Waals surface area contributed by atoms with Crippen LogP contribution in [0.25, 0.3) is 0 Å². The van der Waals surface area contributed by atoms with Crippen molar-refractivity contribution in [1.82, 2.24) is 4.98 Å². The second kappa shape index (κ2) is 5.00. The van der Waals surface area contributed by atoms with Gasteiger partial charge in [0.1, 0.15) is 0 Å². The lowest BCUT2D eigenvalue weighted by Gasteiger charge is -2.10. The molecule has 92 valence electrons. The van der Waals surface area contributed by atoms with Gasteiger partial charge >= 0.3 is 0 Å². The van der Waals surface area contributed by atoms with E-state index in [4.69, 9.17) is 0 Å². The maximum absolute atomic E-state index is 12.2. The summed E-state index contributed by atoms with van der Waals surface area (Å²) < 4.78 is 0. The monoisotopic (exact) mass is 240 g/mol. The number of hydrogen-bond acceptors (Lipinski definition) is 2. The van der Waals surface area contributed by atoms with Gasteiger partial charge in [0.2, 0.25) is 0 Å². The molecule has 0 aliphatic heterocycles. The van der Waals surface area contributed by atoms with Crippen LogP contribution in [-0.4, -0.2) is 10.9 Å². The smallest absolute Gasteiger partial charge is 0.256 e. The van der Waals surface area contributed by atoms with Crippen LogP contribution in [0.4, 0.5) is 5.69 Å². The summed E-state index contributed by atoms with van der Waals surface area (Å²) in [5, 5.41) is 2.93. The molecule has 1 aromatic heterocycles. The van der Waals surface area contributed by atoms with E-state index in [1.807, 2.05) is 45.0 Å². The minimum Gasteiger partial charge on any atom is -0.322 e. The average Bonchev–Trinajstić information content (AvgIpc) is 2.35. The van der Waals surface area contributed by atoms with Crippen LogP contribution in [0.15, 0.2) is 36.5 Å². The van der Waals surface area contributed by atoms with Crippen molar-refractivity contribution in [2.24, 2.45) is 0 Å². The van der Waals surface area contributed by atoms with Crippen LogP contribution in [0, 0.1) is 20.8 Å². The van der Waals surface area contributed by atoms with Gasteiger partial charge in [-0.2, -0.15) is 0 Å². The van der Waals surface area contributed by atoms with Crippen molar-refractivity contribution in [2.45, 2.75) is 20.8 Å². The van der Waals surface area contributed by atoms with Crippen LogP contribution in [0.5, 0.6) is 0 Å². The number of anilines is 1. The van der Waals surface area contributed by atoms with Crippen LogP contribution in [0.3, 0.4) is 0 Å². The number of rotatable bonds is 2. The lowest BCUT2D eigenvalue weighted by atomic mass is 10.1. The van der Waals surface area contributed by atoms with E-state index >= 15 is 0 Å². The minimum atomic E-state index is -0.0905. The van der Waals surface area contributed by atoms with Gasteiger partial charge in [0.05, 0.1) is 0 Å². The van der Waals surface area contributed by atoms with Gasteiger partial charge in [0, 0.05) is 23.1 Å². The summed E-state index contributed by atoms with van der Waals surface area (Å²) in [5.41, 5.74) is 4.37. The Bertz CT molecular complexity index is 591. The number of para-hydroxylation sites is 1. The number of aryl methyl sites for hydroxylation is 2. The van der Waals surface area contributed by atoms with Crippen LogP contribution in [0.1, 0.15) is 27.2 Å². The zero-order valence-corrected chi connectivity index (χ0v) is 10.8. The van der Waals surface area contributed by atoms with E-state index in [1.54, 1.807) is 12.3 Å². The van der Waals surface area contributed by atoms with E-state index in [-0.39, 0.29) is 5.91 Å². The highest BCUT2D eigenvalue weighted by Crippen LogP contribution is 2.16. The Morgan fingerprint density at radius 2 is 1.83 bits per heavy atom. The third-order valence-corrected chi connectivity index (χ3v) is 3.09. The zero-order chi connectivity index (χ0) is 13.1. The van der Waals surface area contributed by atoms with Gasteiger partial charge in [-0.3, -0.25) is 9.78 Å². The van der Waals surface area contributed by atoms with Crippen LogP contribution >= 0.6 is 0 Å². The highest BCUT2D eigenvalue weighted by atomic mass is 16.1. The average molecular weight is 240 g/mol. The van der Waals surface area contributed by atoms with Crippen LogP contribution < -0.4 is 5.32 Å². The maximum atomic E-state index is 12.2. The Balaban J connectivity index is 2.28. The number of nitrogens with zero attached hydrogens (tertiary/aromatic N) is 1. The van der Waals surface area contributed by atoms with Gasteiger partial charge < -0.3 is 5.32 Å². The number of hydrogen-bond donors (Lipinski definition) is 1. The molecule has 3 heteroatoms. The summed E-state index contributed by atoms with van der Waals surface area (Å²) in [4.78, 5) is 16.4. The lowest BCUT2D eigenvalue weighted by molar-refractivity contribution is 0.102. The number of nitrogens with one attached hydrogen (secondary N) is 1. The second-order valence-corrected chi connectivity index (χ2v) is 4.34. The van der Waals surface area contributed by atoms with Gasteiger partial charge in [-0.25, -0.2) is 0 Å². The molecule has 0 saturated carbocycles. The SMILES string of the molecule is Cc1ccccc1NC(=O)c1ccnc(C)c1C. The Kier molecular flexibility index (Phi) is 3.42. The van der Waals surface area contributed by atoms with E-state index in [0.717, 1.165) is 22.5 Å². The van der Waals surface area contributed by atoms with Crippen molar-refractivity contribution < 1.29 is 4.79 Å². The molecule has 0 saturated heterocycles. The molecule has 1 heterocycles. The molecule has 1 amide bonds. The van der Waals surface area contributed by atoms with Crippen molar-refractivity contribution in [3.63, 3.8) is 0 Å². The molecule has 2 aromatic rings. The standard InChI is InChI=1S/C15H16N2O/c1-10-6-4-5-7-14(10)17-15(18)13-8-9-16-12(3)11(13)2/h4-9H,1-3H3,(H,17,18). The molecule has 0 spiro atoms. The summed E-state index contributed by atoms with van der Waals surface area (Å²) in [6.07, 6.45) is 1.66. The predicted molar refractivity (Wildman–Crippen MR) is 72.8 cm³/mol. The van der Waals surface area contributed by atoms with E-state index in [9.17, 15) is 4.79 Å². The minimum absolute atomic E-state index is 0.0905. The van der Waals surface area contributed by atoms with Gasteiger partial charge in [-0.1, -0.05) is 18.2 Å². The van der Waals surface area contributed by atoms with Gasteiger partial charge in [-0.15, -0.1) is 0 Å². The molecule has 0 bridgehead atoms. The normalized spacial score (nSPS) is 10.2. The molecule has 18 heavy (non-hydrogen) atoms. The molecule has 1 aromatic carbocycles. The van der Waals surface area contributed by atoms with Crippen molar-refractivity contribution in [3.05, 3.63) is 58.9 Å². The van der Waals surface area contributed by atoms with E-state index < -0.39 is 0 Å². The fourth-order valence-corrected chi connectivity index (χ4v) is 1.79. The van der Waals surface area contributed by atoms with E-state index in [0.29, 0.717) is 5.56 Å². The molecule has 0 aliphatic carbocycles. The van der Waals surface area contributed by atoms with Gasteiger partial charge in [-0.05, 0) is 44.0 Å². The fraction of sp³-hybridized carbons (Fsp3) is 0.200. The van der Waals surface area contributed by atoms with Gasteiger partial charge in [0.15, 0.2) is 0 Å². The Morgan fingerprint density at radius 3 is 2.56 bits per heavy atom. The summed E-state index contributed by atoms with van der Waals surface area (Å²) >= 11 is 0. The molecule has 3 nitrogen and oxygen atoms in total. The first-order valence-electron chi connectivity index (χ1n) is 5.89. The first-order valence-corrected chi connectivity index (χ1v) is 5.89. The highest BCUT2D eigenvalue weighted by molar-refractivity contribution is 6.05. The maximum Gasteiger partial charge on any atom is 0.256 e. The summed E-state index contributed by atoms with van der Waals surface area (Å²) in [6, 6.07) is 9.48. The van der Waals surface area contributed by atoms with Crippen LogP contribution in [0.2, 0.25) is 0 Å². The molecule has 0 fully saturated rings. The largest absolute Gasteiger partial charge is 0.322 e. The third kappa shape index (κ3) is 2.40. The van der Waals surface area contributed by atoms with Crippen LogP contribution in [-0.2, 0) is 0 Å². The molecule has 0 aliphatic rings.